The summed E-state index contributed by atoms with van der Waals surface area (Å²) in [7, 11) is 0. The molecule has 1 N–H and O–H groups in total. The Balaban J connectivity index is 2.03. The number of hydrogen-bond acceptors (Lipinski definition) is 5. The van der Waals surface area contributed by atoms with Gasteiger partial charge in [0.2, 0.25) is 0 Å². The SMILES string of the molecule is CCOC(=O)c1ccc(NC(=O)c2cncs2)cc1. The van der Waals surface area contributed by atoms with Gasteiger partial charge in [0.15, 0.2) is 0 Å². The monoisotopic (exact) mass is 276 g/mol. The molecular weight excluding hydrogens is 264 g/mol. The van der Waals surface area contributed by atoms with Crippen LogP contribution in [0.5, 0.6) is 0 Å². The van der Waals surface area contributed by atoms with Gasteiger partial charge in [-0.2, -0.15) is 0 Å². The third-order valence-electron chi connectivity index (χ3n) is 2.31. The number of aromatic nitrogens is 1. The average molecular weight is 276 g/mol. The number of carbonyl (C=O) groups is 2. The maximum absolute atomic E-state index is 11.8. The Morgan fingerprint density at radius 1 is 1.32 bits per heavy atom. The maximum Gasteiger partial charge on any atom is 0.338 e. The molecule has 0 aliphatic carbocycles. The third-order valence-corrected chi connectivity index (χ3v) is 3.08. The number of rotatable bonds is 4. The van der Waals surface area contributed by atoms with Gasteiger partial charge in [-0.15, -0.1) is 11.3 Å². The fourth-order valence-corrected chi connectivity index (χ4v) is 1.94. The van der Waals surface area contributed by atoms with Crippen molar-refractivity contribution in [3.63, 3.8) is 0 Å². The summed E-state index contributed by atoms with van der Waals surface area (Å²) in [4.78, 5) is 27.6. The molecule has 19 heavy (non-hydrogen) atoms. The number of nitrogens with zero attached hydrogens (tertiary/aromatic N) is 1. The molecule has 98 valence electrons. The topological polar surface area (TPSA) is 68.3 Å². The van der Waals surface area contributed by atoms with E-state index < -0.39 is 0 Å². The van der Waals surface area contributed by atoms with Crippen molar-refractivity contribution in [1.29, 1.82) is 0 Å². The van der Waals surface area contributed by atoms with E-state index in [1.807, 2.05) is 0 Å². The van der Waals surface area contributed by atoms with E-state index >= 15 is 0 Å². The summed E-state index contributed by atoms with van der Waals surface area (Å²) in [6.07, 6.45) is 1.51. The number of ether oxygens (including phenoxy) is 1. The van der Waals surface area contributed by atoms with Gasteiger partial charge in [-0.1, -0.05) is 0 Å². The Morgan fingerprint density at radius 3 is 2.63 bits per heavy atom. The minimum atomic E-state index is -0.372. The first-order chi connectivity index (χ1) is 9.20. The first-order valence-electron chi connectivity index (χ1n) is 5.67. The molecule has 2 aromatic rings. The molecule has 1 aromatic heterocycles. The Hall–Kier alpha value is -2.21. The van der Waals surface area contributed by atoms with Crippen molar-refractivity contribution >= 4 is 28.9 Å². The second kappa shape index (κ2) is 6.10. The summed E-state index contributed by atoms with van der Waals surface area (Å²) in [6.45, 7) is 2.09. The molecule has 0 radical (unpaired) electrons. The van der Waals surface area contributed by atoms with Crippen molar-refractivity contribution in [3.8, 4) is 0 Å². The first kappa shape index (κ1) is 13.2. The molecule has 0 bridgehead atoms. The van der Waals surface area contributed by atoms with Crippen LogP contribution < -0.4 is 5.32 Å². The maximum atomic E-state index is 11.8. The van der Waals surface area contributed by atoms with Crippen LogP contribution in [0.4, 0.5) is 5.69 Å². The van der Waals surface area contributed by atoms with E-state index in [0.29, 0.717) is 22.7 Å². The number of anilines is 1. The quantitative estimate of drug-likeness (QED) is 0.871. The van der Waals surface area contributed by atoms with E-state index in [0.717, 1.165) is 0 Å². The summed E-state index contributed by atoms with van der Waals surface area (Å²) in [6, 6.07) is 6.54. The van der Waals surface area contributed by atoms with E-state index in [9.17, 15) is 9.59 Å². The Morgan fingerprint density at radius 2 is 2.05 bits per heavy atom. The van der Waals surface area contributed by atoms with Gasteiger partial charge in [0.1, 0.15) is 4.88 Å². The zero-order valence-corrected chi connectivity index (χ0v) is 11.1. The van der Waals surface area contributed by atoms with Crippen LogP contribution in [0, 0.1) is 0 Å². The van der Waals surface area contributed by atoms with Crippen LogP contribution in [0.2, 0.25) is 0 Å². The van der Waals surface area contributed by atoms with Crippen molar-refractivity contribution in [2.75, 3.05) is 11.9 Å². The van der Waals surface area contributed by atoms with Crippen LogP contribution in [0.3, 0.4) is 0 Å². The van der Waals surface area contributed by atoms with Crippen molar-refractivity contribution in [1.82, 2.24) is 4.98 Å². The van der Waals surface area contributed by atoms with Gasteiger partial charge < -0.3 is 10.1 Å². The summed E-state index contributed by atoms with van der Waals surface area (Å²) in [5.74, 6) is -0.589. The highest BCUT2D eigenvalue weighted by molar-refractivity contribution is 7.11. The van der Waals surface area contributed by atoms with Gasteiger partial charge >= 0.3 is 5.97 Å². The standard InChI is InChI=1S/C13H12N2O3S/c1-2-18-13(17)9-3-5-10(6-4-9)15-12(16)11-7-14-8-19-11/h3-8H,2H2,1H3,(H,15,16). The molecular formula is C13H12N2O3S. The summed E-state index contributed by atoms with van der Waals surface area (Å²) < 4.78 is 4.87. The lowest BCUT2D eigenvalue weighted by Crippen LogP contribution is -2.10. The zero-order valence-electron chi connectivity index (χ0n) is 10.3. The van der Waals surface area contributed by atoms with Crippen molar-refractivity contribution in [3.05, 3.63) is 46.4 Å². The predicted molar refractivity (Wildman–Crippen MR) is 72.5 cm³/mol. The van der Waals surface area contributed by atoms with Crippen LogP contribution in [0.15, 0.2) is 36.0 Å². The summed E-state index contributed by atoms with van der Waals surface area (Å²) in [5.41, 5.74) is 2.67. The molecule has 6 heteroatoms. The number of hydrogen-bond donors (Lipinski definition) is 1. The number of nitrogens with one attached hydrogen (secondary N) is 1. The first-order valence-corrected chi connectivity index (χ1v) is 6.55. The number of esters is 1. The van der Waals surface area contributed by atoms with Gasteiger partial charge in [-0.3, -0.25) is 9.78 Å². The minimum Gasteiger partial charge on any atom is -0.462 e. The fraction of sp³-hybridized carbons (Fsp3) is 0.154. The number of thiazole rings is 1. The molecule has 0 saturated carbocycles. The van der Waals surface area contributed by atoms with Crippen LogP contribution in [-0.2, 0) is 4.74 Å². The molecule has 0 fully saturated rings. The van der Waals surface area contributed by atoms with Crippen LogP contribution >= 0.6 is 11.3 Å². The van der Waals surface area contributed by atoms with Crippen LogP contribution in [0.1, 0.15) is 27.0 Å². The van der Waals surface area contributed by atoms with Crippen LogP contribution in [-0.4, -0.2) is 23.5 Å². The van der Waals surface area contributed by atoms with E-state index in [1.165, 1.54) is 17.5 Å². The normalized spacial score (nSPS) is 9.95. The van der Waals surface area contributed by atoms with Gasteiger partial charge in [-0.25, -0.2) is 4.79 Å². The van der Waals surface area contributed by atoms with E-state index in [4.69, 9.17) is 4.74 Å². The Kier molecular flexibility index (Phi) is 4.25. The van der Waals surface area contributed by atoms with Crippen molar-refractivity contribution < 1.29 is 14.3 Å². The van der Waals surface area contributed by atoms with Gasteiger partial charge in [0.25, 0.3) is 5.91 Å². The Bertz CT molecular complexity index is 564. The molecule has 0 aliphatic rings. The highest BCUT2D eigenvalue weighted by Crippen LogP contribution is 2.13. The highest BCUT2D eigenvalue weighted by Gasteiger charge is 2.09. The second-order valence-electron chi connectivity index (χ2n) is 3.62. The predicted octanol–water partition coefficient (Wildman–Crippen LogP) is 2.57. The largest absolute Gasteiger partial charge is 0.462 e. The second-order valence-corrected chi connectivity index (χ2v) is 4.50. The number of benzene rings is 1. The van der Waals surface area contributed by atoms with Crippen molar-refractivity contribution in [2.24, 2.45) is 0 Å². The van der Waals surface area contributed by atoms with Gasteiger partial charge in [0, 0.05) is 5.69 Å². The van der Waals surface area contributed by atoms with Gasteiger partial charge in [-0.05, 0) is 31.2 Å². The molecule has 0 atom stereocenters. The Labute approximate surface area is 114 Å². The number of amides is 1. The molecule has 0 spiro atoms. The van der Waals surface area contributed by atoms with E-state index in [2.05, 4.69) is 10.3 Å². The fourth-order valence-electron chi connectivity index (χ4n) is 1.42. The molecule has 1 heterocycles. The summed E-state index contributed by atoms with van der Waals surface area (Å²) >= 11 is 1.27. The molecule has 0 unspecified atom stereocenters. The highest BCUT2D eigenvalue weighted by atomic mass is 32.1. The lowest BCUT2D eigenvalue weighted by Gasteiger charge is -2.05. The summed E-state index contributed by atoms with van der Waals surface area (Å²) in [5, 5.41) is 2.72. The minimum absolute atomic E-state index is 0.216. The van der Waals surface area contributed by atoms with Gasteiger partial charge in [0.05, 0.1) is 23.9 Å². The molecule has 1 amide bonds. The molecule has 0 aliphatic heterocycles. The van der Waals surface area contributed by atoms with Crippen LogP contribution in [0.25, 0.3) is 0 Å². The molecule has 2 rings (SSSR count). The average Bonchev–Trinajstić information content (AvgIpc) is 2.94. The van der Waals surface area contributed by atoms with Crippen molar-refractivity contribution in [2.45, 2.75) is 6.92 Å². The zero-order chi connectivity index (χ0) is 13.7. The molecule has 5 nitrogen and oxygen atoms in total. The molecule has 1 aromatic carbocycles. The van der Waals surface area contributed by atoms with E-state index in [1.54, 1.807) is 36.7 Å². The number of carbonyl (C=O) groups excluding carboxylic acids is 2. The lowest BCUT2D eigenvalue weighted by molar-refractivity contribution is 0.0526. The lowest BCUT2D eigenvalue weighted by atomic mass is 10.2. The molecule has 0 saturated heterocycles. The third kappa shape index (κ3) is 3.38. The smallest absolute Gasteiger partial charge is 0.338 e. The van der Waals surface area contributed by atoms with E-state index in [-0.39, 0.29) is 11.9 Å².